The van der Waals surface area contributed by atoms with Crippen molar-refractivity contribution in [1.29, 1.82) is 0 Å². The highest BCUT2D eigenvalue weighted by atomic mass is 16.5. The molecule has 0 aliphatic carbocycles. The fraction of sp³-hybridized carbons (Fsp3) is 0.692. The van der Waals surface area contributed by atoms with E-state index in [0.29, 0.717) is 26.2 Å². The average molecular weight is 272 g/mol. The first-order valence-corrected chi connectivity index (χ1v) is 6.25. The van der Waals surface area contributed by atoms with Crippen LogP contribution in [0.25, 0.3) is 0 Å². The van der Waals surface area contributed by atoms with Crippen LogP contribution in [0.4, 0.5) is 0 Å². The molecule has 0 fully saturated rings. The van der Waals surface area contributed by atoms with Crippen molar-refractivity contribution >= 4 is 11.9 Å². The molecule has 0 rings (SSSR count). The summed E-state index contributed by atoms with van der Waals surface area (Å²) in [6, 6.07) is 0. The lowest BCUT2D eigenvalue weighted by Gasteiger charge is -2.25. The number of hydrogen-bond donors (Lipinski definition) is 1. The Morgan fingerprint density at radius 3 is 2.32 bits per heavy atom. The summed E-state index contributed by atoms with van der Waals surface area (Å²) in [6.07, 6.45) is 0. The van der Waals surface area contributed by atoms with Gasteiger partial charge < -0.3 is 14.7 Å². The van der Waals surface area contributed by atoms with Crippen molar-refractivity contribution in [3.05, 3.63) is 12.2 Å². The molecule has 0 aliphatic rings. The van der Waals surface area contributed by atoms with E-state index < -0.39 is 5.97 Å². The molecule has 0 radical (unpaired) electrons. The smallest absolute Gasteiger partial charge is 0.317 e. The molecule has 0 atom stereocenters. The summed E-state index contributed by atoms with van der Waals surface area (Å²) in [5.41, 5.74) is 0.900. The summed E-state index contributed by atoms with van der Waals surface area (Å²) < 4.78 is 4.91. The Balaban J connectivity index is 4.48. The topological polar surface area (TPSA) is 70.1 Å². The summed E-state index contributed by atoms with van der Waals surface area (Å²) in [7, 11) is 1.54. The Bertz CT molecular complexity index is 318. The normalized spacial score (nSPS) is 10.5. The Morgan fingerprint density at radius 1 is 1.26 bits per heavy atom. The number of aliphatic carboxylic acids is 1. The number of likely N-dealkylation sites (N-methyl/N-ethyl adjacent to an activating group) is 1. The molecule has 0 heterocycles. The van der Waals surface area contributed by atoms with Gasteiger partial charge in [-0.25, -0.2) is 0 Å². The van der Waals surface area contributed by atoms with Gasteiger partial charge >= 0.3 is 5.97 Å². The van der Waals surface area contributed by atoms with Crippen LogP contribution in [-0.4, -0.2) is 73.2 Å². The van der Waals surface area contributed by atoms with Crippen molar-refractivity contribution in [2.75, 3.05) is 46.4 Å². The van der Waals surface area contributed by atoms with Crippen LogP contribution in [0.1, 0.15) is 13.8 Å². The fourth-order valence-electron chi connectivity index (χ4n) is 1.62. The third-order valence-electron chi connectivity index (χ3n) is 2.52. The van der Waals surface area contributed by atoms with Crippen molar-refractivity contribution in [2.45, 2.75) is 13.8 Å². The molecular weight excluding hydrogens is 248 g/mol. The molecule has 1 N–H and O–H groups in total. The summed E-state index contributed by atoms with van der Waals surface area (Å²) in [6.45, 7) is 9.33. The zero-order valence-electron chi connectivity index (χ0n) is 12.0. The summed E-state index contributed by atoms with van der Waals surface area (Å²) in [4.78, 5) is 26.0. The number of hydrogen-bond acceptors (Lipinski definition) is 4. The number of ether oxygens (including phenoxy) is 1. The predicted molar refractivity (Wildman–Crippen MR) is 73.0 cm³/mol. The van der Waals surface area contributed by atoms with E-state index in [1.165, 1.54) is 0 Å². The molecule has 0 aromatic rings. The van der Waals surface area contributed by atoms with Gasteiger partial charge in [0.25, 0.3) is 0 Å². The molecule has 19 heavy (non-hydrogen) atoms. The Hall–Kier alpha value is -1.40. The molecule has 0 aromatic carbocycles. The van der Waals surface area contributed by atoms with Gasteiger partial charge in [0.2, 0.25) is 5.91 Å². The minimum atomic E-state index is -0.952. The van der Waals surface area contributed by atoms with Gasteiger partial charge in [-0.05, 0) is 13.8 Å². The number of rotatable bonds is 10. The maximum Gasteiger partial charge on any atom is 0.317 e. The van der Waals surface area contributed by atoms with E-state index in [1.807, 2.05) is 13.8 Å². The van der Waals surface area contributed by atoms with Gasteiger partial charge in [0, 0.05) is 26.7 Å². The van der Waals surface area contributed by atoms with Crippen LogP contribution in [0.5, 0.6) is 0 Å². The van der Waals surface area contributed by atoms with E-state index in [4.69, 9.17) is 9.84 Å². The van der Waals surface area contributed by atoms with Gasteiger partial charge in [0.15, 0.2) is 0 Å². The zero-order valence-corrected chi connectivity index (χ0v) is 12.0. The first-order chi connectivity index (χ1) is 8.90. The second-order valence-electron chi connectivity index (χ2n) is 4.46. The lowest BCUT2D eigenvalue weighted by atomic mass is 10.3. The molecule has 0 aliphatic heterocycles. The standard InChI is InChI=1S/C13H24N2O4/c1-5-15(8-11(2)3)12(16)9-14(6-7-19-4)10-13(17)18/h2,5-10H2,1,3-4H3,(H,17,18). The number of carbonyl (C=O) groups excluding carboxylic acids is 1. The SMILES string of the molecule is C=C(C)CN(CC)C(=O)CN(CCOC)CC(=O)O. The van der Waals surface area contributed by atoms with Gasteiger partial charge in [-0.2, -0.15) is 0 Å². The summed E-state index contributed by atoms with van der Waals surface area (Å²) in [5.74, 6) is -1.05. The Kier molecular flexibility index (Phi) is 8.82. The number of nitrogens with zero attached hydrogens (tertiary/aromatic N) is 2. The molecule has 0 bridgehead atoms. The van der Waals surface area contributed by atoms with Crippen LogP contribution in [0.15, 0.2) is 12.2 Å². The molecule has 0 aromatic heterocycles. The molecule has 110 valence electrons. The third-order valence-corrected chi connectivity index (χ3v) is 2.52. The van der Waals surface area contributed by atoms with Crippen LogP contribution >= 0.6 is 0 Å². The maximum atomic E-state index is 12.1. The number of amides is 1. The van der Waals surface area contributed by atoms with Crippen LogP contribution in [0.2, 0.25) is 0 Å². The fourth-order valence-corrected chi connectivity index (χ4v) is 1.62. The number of carbonyl (C=O) groups is 2. The van der Waals surface area contributed by atoms with Crippen molar-refractivity contribution in [2.24, 2.45) is 0 Å². The predicted octanol–water partition coefficient (Wildman–Crippen LogP) is 0.444. The summed E-state index contributed by atoms with van der Waals surface area (Å²) >= 11 is 0. The van der Waals surface area contributed by atoms with Crippen molar-refractivity contribution in [3.63, 3.8) is 0 Å². The third kappa shape index (κ3) is 8.34. The highest BCUT2D eigenvalue weighted by Crippen LogP contribution is 1.99. The summed E-state index contributed by atoms with van der Waals surface area (Å²) in [5, 5.41) is 8.82. The lowest BCUT2D eigenvalue weighted by Crippen LogP contribution is -2.43. The number of carboxylic acids is 1. The minimum Gasteiger partial charge on any atom is -0.480 e. The Labute approximate surface area is 114 Å². The van der Waals surface area contributed by atoms with E-state index in [0.717, 1.165) is 5.57 Å². The van der Waals surface area contributed by atoms with Crippen LogP contribution in [0.3, 0.4) is 0 Å². The second kappa shape index (κ2) is 9.52. The highest BCUT2D eigenvalue weighted by molar-refractivity contribution is 5.79. The van der Waals surface area contributed by atoms with E-state index >= 15 is 0 Å². The van der Waals surface area contributed by atoms with Gasteiger partial charge in [-0.15, -0.1) is 0 Å². The number of carboxylic acid groups (broad SMARTS) is 1. The van der Waals surface area contributed by atoms with Gasteiger partial charge in [-0.3, -0.25) is 14.5 Å². The van der Waals surface area contributed by atoms with Gasteiger partial charge in [-0.1, -0.05) is 12.2 Å². The number of methoxy groups -OCH3 is 1. The quantitative estimate of drug-likeness (QED) is 0.585. The molecule has 6 heteroatoms. The van der Waals surface area contributed by atoms with Crippen LogP contribution in [-0.2, 0) is 14.3 Å². The largest absolute Gasteiger partial charge is 0.480 e. The molecule has 0 spiro atoms. The average Bonchev–Trinajstić information content (AvgIpc) is 2.31. The highest BCUT2D eigenvalue weighted by Gasteiger charge is 2.18. The van der Waals surface area contributed by atoms with Gasteiger partial charge in [0.1, 0.15) is 0 Å². The molecule has 0 saturated carbocycles. The lowest BCUT2D eigenvalue weighted by molar-refractivity contribution is -0.139. The molecule has 0 unspecified atom stereocenters. The maximum absolute atomic E-state index is 12.1. The molecule has 1 amide bonds. The zero-order chi connectivity index (χ0) is 14.8. The van der Waals surface area contributed by atoms with Gasteiger partial charge in [0.05, 0.1) is 19.7 Å². The van der Waals surface area contributed by atoms with Crippen LogP contribution < -0.4 is 0 Å². The van der Waals surface area contributed by atoms with E-state index in [-0.39, 0.29) is 19.0 Å². The Morgan fingerprint density at radius 2 is 1.89 bits per heavy atom. The van der Waals surface area contributed by atoms with Crippen molar-refractivity contribution in [1.82, 2.24) is 9.80 Å². The molecular formula is C13H24N2O4. The molecule has 0 saturated heterocycles. The second-order valence-corrected chi connectivity index (χ2v) is 4.46. The minimum absolute atomic E-state index is 0.0801. The van der Waals surface area contributed by atoms with Crippen molar-refractivity contribution in [3.8, 4) is 0 Å². The van der Waals surface area contributed by atoms with E-state index in [9.17, 15) is 9.59 Å². The van der Waals surface area contributed by atoms with E-state index in [2.05, 4.69) is 6.58 Å². The van der Waals surface area contributed by atoms with Crippen molar-refractivity contribution < 1.29 is 19.4 Å². The van der Waals surface area contributed by atoms with Crippen LogP contribution in [0, 0.1) is 0 Å². The molecule has 6 nitrogen and oxygen atoms in total. The monoisotopic (exact) mass is 272 g/mol. The first kappa shape index (κ1) is 17.6. The first-order valence-electron chi connectivity index (χ1n) is 6.25. The van der Waals surface area contributed by atoms with E-state index in [1.54, 1.807) is 16.9 Å².